The molecule has 8 heteroatoms. The van der Waals surface area contributed by atoms with Gasteiger partial charge in [-0.1, -0.05) is 13.8 Å². The van der Waals surface area contributed by atoms with Crippen LogP contribution in [0.15, 0.2) is 0 Å². The largest absolute Gasteiger partial charge is 0.480 e. The van der Waals surface area contributed by atoms with E-state index in [1.54, 1.807) is 11.5 Å². The van der Waals surface area contributed by atoms with E-state index in [0.29, 0.717) is 18.8 Å². The van der Waals surface area contributed by atoms with E-state index in [4.69, 9.17) is 0 Å². The van der Waals surface area contributed by atoms with E-state index in [9.17, 15) is 20.0 Å². The first-order chi connectivity index (χ1) is 9.27. The second kappa shape index (κ2) is 6.36. The summed E-state index contributed by atoms with van der Waals surface area (Å²) in [6.45, 7) is 7.74. The van der Waals surface area contributed by atoms with E-state index in [2.05, 4.69) is 10.3 Å². The standard InChI is InChI=1S/C12H20N4O4/c1-5-15-8(4)13-11(16(19)20)10(15)14-9(12(17)18)6-7(2)3/h7,9,14H,5-6H2,1-4H3,(H,17,18). The van der Waals surface area contributed by atoms with Gasteiger partial charge in [0.1, 0.15) is 6.04 Å². The van der Waals surface area contributed by atoms with Crippen LogP contribution in [0.25, 0.3) is 0 Å². The Kier molecular flexibility index (Phi) is 5.06. The molecule has 0 aliphatic carbocycles. The van der Waals surface area contributed by atoms with E-state index < -0.39 is 16.9 Å². The molecular formula is C12H20N4O4. The number of anilines is 1. The minimum absolute atomic E-state index is 0.154. The van der Waals surface area contributed by atoms with Gasteiger partial charge in [-0.2, -0.15) is 0 Å². The van der Waals surface area contributed by atoms with Crippen LogP contribution < -0.4 is 5.32 Å². The lowest BCUT2D eigenvalue weighted by atomic mass is 10.0. The van der Waals surface area contributed by atoms with Crippen molar-refractivity contribution >= 4 is 17.6 Å². The van der Waals surface area contributed by atoms with Crippen molar-refractivity contribution in [2.24, 2.45) is 5.92 Å². The third kappa shape index (κ3) is 3.46. The summed E-state index contributed by atoms with van der Waals surface area (Å²) in [6.07, 6.45) is 0.375. The Labute approximate surface area is 117 Å². The van der Waals surface area contributed by atoms with Crippen LogP contribution in [0.4, 0.5) is 11.6 Å². The number of nitro groups is 1. The van der Waals surface area contributed by atoms with Gasteiger partial charge in [0.25, 0.3) is 0 Å². The molecule has 0 saturated carbocycles. The van der Waals surface area contributed by atoms with Crippen molar-refractivity contribution in [3.05, 3.63) is 15.9 Å². The predicted molar refractivity (Wildman–Crippen MR) is 73.8 cm³/mol. The maximum Gasteiger partial charge on any atom is 0.406 e. The predicted octanol–water partition coefficient (Wildman–Crippen LogP) is 2.03. The number of hydrogen-bond donors (Lipinski definition) is 2. The van der Waals surface area contributed by atoms with Gasteiger partial charge < -0.3 is 20.5 Å². The molecule has 0 aromatic carbocycles. The van der Waals surface area contributed by atoms with Crippen LogP contribution in [-0.2, 0) is 11.3 Å². The van der Waals surface area contributed by atoms with Gasteiger partial charge in [0, 0.05) is 13.5 Å². The van der Waals surface area contributed by atoms with Gasteiger partial charge in [0.2, 0.25) is 11.6 Å². The van der Waals surface area contributed by atoms with E-state index in [1.165, 1.54) is 0 Å². The molecule has 0 saturated heterocycles. The molecule has 0 aliphatic heterocycles. The van der Waals surface area contributed by atoms with E-state index in [0.717, 1.165) is 0 Å². The molecule has 0 bridgehead atoms. The highest BCUT2D eigenvalue weighted by atomic mass is 16.6. The topological polar surface area (TPSA) is 110 Å². The number of nitrogens with one attached hydrogen (secondary N) is 1. The monoisotopic (exact) mass is 284 g/mol. The van der Waals surface area contributed by atoms with Gasteiger partial charge in [-0.05, 0) is 29.2 Å². The molecule has 0 aliphatic rings. The molecule has 1 rings (SSSR count). The number of hydrogen-bond acceptors (Lipinski definition) is 5. The first-order valence-electron chi connectivity index (χ1n) is 6.48. The Balaban J connectivity index is 3.16. The van der Waals surface area contributed by atoms with Crippen LogP contribution >= 0.6 is 0 Å². The fraction of sp³-hybridized carbons (Fsp3) is 0.667. The van der Waals surface area contributed by atoms with E-state index in [1.807, 2.05) is 20.8 Å². The number of rotatable bonds is 7. The van der Waals surface area contributed by atoms with Gasteiger partial charge in [-0.3, -0.25) is 4.57 Å². The van der Waals surface area contributed by atoms with Crippen LogP contribution in [0.1, 0.15) is 33.0 Å². The van der Waals surface area contributed by atoms with Gasteiger partial charge in [-0.25, -0.2) is 4.79 Å². The molecule has 1 aromatic rings. The molecule has 1 aromatic heterocycles. The lowest BCUT2D eigenvalue weighted by molar-refractivity contribution is -0.388. The van der Waals surface area contributed by atoms with Crippen LogP contribution in [0, 0.1) is 23.0 Å². The summed E-state index contributed by atoms with van der Waals surface area (Å²) in [4.78, 5) is 25.6. The second-order valence-electron chi connectivity index (χ2n) is 5.00. The molecule has 2 N–H and O–H groups in total. The number of imidazole rings is 1. The van der Waals surface area contributed by atoms with Crippen molar-refractivity contribution in [1.82, 2.24) is 9.55 Å². The zero-order valence-electron chi connectivity index (χ0n) is 12.1. The molecule has 1 heterocycles. The van der Waals surface area contributed by atoms with Gasteiger partial charge in [0.15, 0.2) is 0 Å². The summed E-state index contributed by atoms with van der Waals surface area (Å²) in [5.41, 5.74) is 0. The smallest absolute Gasteiger partial charge is 0.406 e. The summed E-state index contributed by atoms with van der Waals surface area (Å²) >= 11 is 0. The van der Waals surface area contributed by atoms with Crippen molar-refractivity contribution < 1.29 is 14.8 Å². The Morgan fingerprint density at radius 1 is 1.55 bits per heavy atom. The molecule has 1 unspecified atom stereocenters. The number of nitrogens with zero attached hydrogens (tertiary/aromatic N) is 3. The number of carboxylic acid groups (broad SMARTS) is 1. The lowest BCUT2D eigenvalue weighted by Crippen LogP contribution is -2.32. The highest BCUT2D eigenvalue weighted by Crippen LogP contribution is 2.26. The average Bonchev–Trinajstić information content (AvgIpc) is 2.64. The number of carbonyl (C=O) groups is 1. The molecular weight excluding hydrogens is 264 g/mol. The van der Waals surface area contributed by atoms with Crippen molar-refractivity contribution in [1.29, 1.82) is 0 Å². The Morgan fingerprint density at radius 3 is 2.55 bits per heavy atom. The van der Waals surface area contributed by atoms with Crippen molar-refractivity contribution in [3.63, 3.8) is 0 Å². The minimum atomic E-state index is -1.03. The van der Waals surface area contributed by atoms with Crippen LogP contribution in [0.3, 0.4) is 0 Å². The van der Waals surface area contributed by atoms with E-state index in [-0.39, 0.29) is 17.6 Å². The Morgan fingerprint density at radius 2 is 2.15 bits per heavy atom. The van der Waals surface area contributed by atoms with Crippen LogP contribution in [-0.4, -0.2) is 31.6 Å². The third-order valence-corrected chi connectivity index (χ3v) is 2.95. The van der Waals surface area contributed by atoms with Crippen LogP contribution in [0.2, 0.25) is 0 Å². The molecule has 1 atom stereocenters. The van der Waals surface area contributed by atoms with Crippen molar-refractivity contribution in [2.75, 3.05) is 5.32 Å². The van der Waals surface area contributed by atoms with Gasteiger partial charge in [0.05, 0.1) is 0 Å². The zero-order valence-corrected chi connectivity index (χ0v) is 12.1. The number of aromatic nitrogens is 2. The molecule has 8 nitrogen and oxygen atoms in total. The molecule has 112 valence electrons. The molecule has 0 fully saturated rings. The number of aryl methyl sites for hydroxylation is 1. The summed E-state index contributed by atoms with van der Waals surface area (Å²) in [7, 11) is 0. The first-order valence-corrected chi connectivity index (χ1v) is 6.48. The second-order valence-corrected chi connectivity index (χ2v) is 5.00. The average molecular weight is 284 g/mol. The fourth-order valence-corrected chi connectivity index (χ4v) is 2.06. The van der Waals surface area contributed by atoms with Crippen molar-refractivity contribution in [3.8, 4) is 0 Å². The molecule has 0 spiro atoms. The van der Waals surface area contributed by atoms with E-state index >= 15 is 0 Å². The SMILES string of the molecule is CCn1c(C)nc([N+](=O)[O-])c1NC(CC(C)C)C(=O)O. The number of aliphatic carboxylic acids is 1. The molecule has 20 heavy (non-hydrogen) atoms. The minimum Gasteiger partial charge on any atom is -0.480 e. The normalized spacial score (nSPS) is 12.4. The summed E-state index contributed by atoms with van der Waals surface area (Å²) < 4.78 is 1.61. The molecule has 0 amide bonds. The van der Waals surface area contributed by atoms with Gasteiger partial charge >= 0.3 is 11.8 Å². The summed E-state index contributed by atoms with van der Waals surface area (Å²) in [6, 6.07) is -0.880. The Bertz CT molecular complexity index is 510. The Hall–Kier alpha value is -2.12. The summed E-state index contributed by atoms with van der Waals surface area (Å²) in [5, 5.41) is 23.0. The quantitative estimate of drug-likeness (QED) is 0.585. The van der Waals surface area contributed by atoms with Crippen molar-refractivity contribution in [2.45, 2.75) is 46.7 Å². The highest BCUT2D eigenvalue weighted by molar-refractivity contribution is 5.78. The summed E-state index contributed by atoms with van der Waals surface area (Å²) in [5.74, 6) is -0.575. The first kappa shape index (κ1) is 15.9. The molecule has 0 radical (unpaired) electrons. The van der Waals surface area contributed by atoms with Crippen LogP contribution in [0.5, 0.6) is 0 Å². The zero-order chi connectivity index (χ0) is 15.4. The third-order valence-electron chi connectivity index (χ3n) is 2.95. The maximum atomic E-state index is 11.3. The maximum absolute atomic E-state index is 11.3. The highest BCUT2D eigenvalue weighted by Gasteiger charge is 2.29. The lowest BCUT2D eigenvalue weighted by Gasteiger charge is -2.17. The van der Waals surface area contributed by atoms with Gasteiger partial charge in [-0.15, -0.1) is 0 Å². The number of carboxylic acids is 1. The fourth-order valence-electron chi connectivity index (χ4n) is 2.06.